The van der Waals surface area contributed by atoms with Crippen LogP contribution in [0, 0.1) is 0 Å². The summed E-state index contributed by atoms with van der Waals surface area (Å²) < 4.78 is 23.7. The monoisotopic (exact) mass is 203 g/mol. The summed E-state index contributed by atoms with van der Waals surface area (Å²) in [7, 11) is 0. The minimum Gasteiger partial charge on any atom is -0.326 e. The van der Waals surface area contributed by atoms with Gasteiger partial charge in [-0.05, 0) is 17.7 Å². The first-order valence-corrected chi connectivity index (χ1v) is 4.91. The lowest BCUT2D eigenvalue weighted by molar-refractivity contribution is 0.177. The molecular formula is C9H11F2NS. The molecule has 0 unspecified atom stereocenters. The van der Waals surface area contributed by atoms with Crippen LogP contribution < -0.4 is 5.73 Å². The maximum atomic E-state index is 11.8. The molecule has 72 valence electrons. The molecule has 13 heavy (non-hydrogen) atoms. The van der Waals surface area contributed by atoms with Crippen molar-refractivity contribution in [2.24, 2.45) is 5.73 Å². The minimum absolute atomic E-state index is 0.151. The van der Waals surface area contributed by atoms with E-state index in [-0.39, 0.29) is 5.75 Å². The van der Waals surface area contributed by atoms with Crippen LogP contribution in [0.4, 0.5) is 8.78 Å². The van der Waals surface area contributed by atoms with E-state index < -0.39 is 6.43 Å². The molecule has 0 aliphatic heterocycles. The molecule has 0 radical (unpaired) electrons. The number of hydrogen-bond donors (Lipinski definition) is 1. The Morgan fingerprint density at radius 1 is 1.23 bits per heavy atom. The van der Waals surface area contributed by atoms with Crippen molar-refractivity contribution in [3.8, 4) is 0 Å². The lowest BCUT2D eigenvalue weighted by Gasteiger charge is -2.01. The van der Waals surface area contributed by atoms with E-state index in [1.807, 2.05) is 24.3 Å². The van der Waals surface area contributed by atoms with E-state index in [1.165, 1.54) is 0 Å². The normalized spacial score (nSPS) is 10.8. The maximum Gasteiger partial charge on any atom is 0.247 e. The van der Waals surface area contributed by atoms with Crippen LogP contribution in [0.3, 0.4) is 0 Å². The number of rotatable bonds is 4. The van der Waals surface area contributed by atoms with Crippen molar-refractivity contribution in [2.75, 3.05) is 5.75 Å². The summed E-state index contributed by atoms with van der Waals surface area (Å²) in [5.74, 6) is -0.151. The fourth-order valence-corrected chi connectivity index (χ4v) is 1.53. The summed E-state index contributed by atoms with van der Waals surface area (Å²) in [5.41, 5.74) is 6.41. The second kappa shape index (κ2) is 5.19. The highest BCUT2D eigenvalue weighted by molar-refractivity contribution is 7.99. The molecule has 0 aromatic heterocycles. The van der Waals surface area contributed by atoms with E-state index in [0.29, 0.717) is 6.54 Å². The van der Waals surface area contributed by atoms with Crippen molar-refractivity contribution in [1.29, 1.82) is 0 Å². The highest BCUT2D eigenvalue weighted by Crippen LogP contribution is 2.20. The Morgan fingerprint density at radius 3 is 2.31 bits per heavy atom. The standard InChI is InChI=1S/C9H11F2NS/c10-9(11)6-13-8-3-1-7(5-12)2-4-8/h1-4,9H,5-6,12H2. The molecule has 1 aromatic carbocycles. The van der Waals surface area contributed by atoms with Crippen molar-refractivity contribution in [3.05, 3.63) is 29.8 Å². The molecule has 0 aliphatic rings. The molecule has 1 aromatic rings. The second-order valence-corrected chi connectivity index (χ2v) is 3.64. The van der Waals surface area contributed by atoms with Gasteiger partial charge < -0.3 is 5.73 Å². The Bertz CT molecular complexity index is 248. The first kappa shape index (κ1) is 10.5. The maximum absolute atomic E-state index is 11.8. The zero-order valence-corrected chi connectivity index (χ0v) is 7.86. The first-order valence-electron chi connectivity index (χ1n) is 3.92. The van der Waals surface area contributed by atoms with Gasteiger partial charge in [-0.2, -0.15) is 0 Å². The Kier molecular flexibility index (Phi) is 4.18. The van der Waals surface area contributed by atoms with Crippen molar-refractivity contribution < 1.29 is 8.78 Å². The number of thioether (sulfide) groups is 1. The Hall–Kier alpha value is -0.610. The SMILES string of the molecule is NCc1ccc(SCC(F)F)cc1. The zero-order chi connectivity index (χ0) is 9.68. The number of hydrogen-bond acceptors (Lipinski definition) is 2. The van der Waals surface area contributed by atoms with Gasteiger partial charge in [0.2, 0.25) is 6.43 Å². The highest BCUT2D eigenvalue weighted by Gasteiger charge is 2.02. The van der Waals surface area contributed by atoms with Gasteiger partial charge in [-0.25, -0.2) is 8.78 Å². The summed E-state index contributed by atoms with van der Waals surface area (Å²) in [6.07, 6.45) is -2.25. The van der Waals surface area contributed by atoms with Crippen LogP contribution in [-0.4, -0.2) is 12.2 Å². The highest BCUT2D eigenvalue weighted by atomic mass is 32.2. The Balaban J connectivity index is 2.49. The van der Waals surface area contributed by atoms with Crippen LogP contribution in [0.1, 0.15) is 5.56 Å². The lowest BCUT2D eigenvalue weighted by Crippen LogP contribution is -1.96. The van der Waals surface area contributed by atoms with Crippen LogP contribution in [-0.2, 0) is 6.54 Å². The molecule has 2 N–H and O–H groups in total. The van der Waals surface area contributed by atoms with E-state index in [4.69, 9.17) is 5.73 Å². The average molecular weight is 203 g/mol. The molecule has 0 atom stereocenters. The van der Waals surface area contributed by atoms with Gasteiger partial charge in [-0.1, -0.05) is 12.1 Å². The van der Waals surface area contributed by atoms with Gasteiger partial charge in [-0.15, -0.1) is 11.8 Å². The summed E-state index contributed by atoms with van der Waals surface area (Å²) in [4.78, 5) is 0.859. The van der Waals surface area contributed by atoms with Crippen LogP contribution >= 0.6 is 11.8 Å². The molecule has 0 saturated heterocycles. The molecule has 1 nitrogen and oxygen atoms in total. The van der Waals surface area contributed by atoms with Crippen LogP contribution in [0.15, 0.2) is 29.2 Å². The quantitative estimate of drug-likeness (QED) is 0.761. The van der Waals surface area contributed by atoms with Crippen LogP contribution in [0.2, 0.25) is 0 Å². The molecule has 0 bridgehead atoms. The van der Waals surface area contributed by atoms with Crippen LogP contribution in [0.5, 0.6) is 0 Å². The van der Waals surface area contributed by atoms with E-state index >= 15 is 0 Å². The van der Waals surface area contributed by atoms with E-state index in [0.717, 1.165) is 22.2 Å². The summed E-state index contributed by atoms with van der Waals surface area (Å²) in [5, 5.41) is 0. The molecule has 0 aliphatic carbocycles. The van der Waals surface area contributed by atoms with Gasteiger partial charge in [0.15, 0.2) is 0 Å². The fourth-order valence-electron chi connectivity index (χ4n) is 0.881. The zero-order valence-electron chi connectivity index (χ0n) is 7.04. The second-order valence-electron chi connectivity index (χ2n) is 2.55. The topological polar surface area (TPSA) is 26.0 Å². The van der Waals surface area contributed by atoms with Gasteiger partial charge in [0.05, 0.1) is 5.75 Å². The van der Waals surface area contributed by atoms with Gasteiger partial charge in [0, 0.05) is 11.4 Å². The minimum atomic E-state index is -2.25. The van der Waals surface area contributed by atoms with E-state index in [2.05, 4.69) is 0 Å². The van der Waals surface area contributed by atoms with Gasteiger partial charge >= 0.3 is 0 Å². The predicted octanol–water partition coefficient (Wildman–Crippen LogP) is 2.50. The number of halogens is 2. The third-order valence-electron chi connectivity index (χ3n) is 1.54. The summed E-state index contributed by atoms with van der Waals surface area (Å²) >= 11 is 1.16. The molecule has 0 heterocycles. The van der Waals surface area contributed by atoms with Crippen LogP contribution in [0.25, 0.3) is 0 Å². The molecule has 0 amide bonds. The number of alkyl halides is 2. The Morgan fingerprint density at radius 2 is 1.85 bits per heavy atom. The third kappa shape index (κ3) is 3.74. The molecular weight excluding hydrogens is 192 g/mol. The predicted molar refractivity (Wildman–Crippen MR) is 51.1 cm³/mol. The van der Waals surface area contributed by atoms with Gasteiger partial charge in [0.25, 0.3) is 0 Å². The first-order chi connectivity index (χ1) is 6.22. The van der Waals surface area contributed by atoms with Crippen molar-refractivity contribution in [3.63, 3.8) is 0 Å². The average Bonchev–Trinajstić information content (AvgIpc) is 2.15. The summed E-state index contributed by atoms with van der Waals surface area (Å²) in [6, 6.07) is 7.34. The molecule has 1 rings (SSSR count). The molecule has 4 heteroatoms. The molecule has 0 fully saturated rings. The van der Waals surface area contributed by atoms with E-state index in [9.17, 15) is 8.78 Å². The van der Waals surface area contributed by atoms with Crippen molar-refractivity contribution in [2.45, 2.75) is 17.9 Å². The van der Waals surface area contributed by atoms with Crippen molar-refractivity contribution in [1.82, 2.24) is 0 Å². The van der Waals surface area contributed by atoms with E-state index in [1.54, 1.807) is 0 Å². The lowest BCUT2D eigenvalue weighted by atomic mass is 10.2. The van der Waals surface area contributed by atoms with Gasteiger partial charge in [0.1, 0.15) is 0 Å². The molecule has 0 spiro atoms. The summed E-state index contributed by atoms with van der Waals surface area (Å²) in [6.45, 7) is 0.486. The third-order valence-corrected chi connectivity index (χ3v) is 2.56. The van der Waals surface area contributed by atoms with Gasteiger partial charge in [-0.3, -0.25) is 0 Å². The smallest absolute Gasteiger partial charge is 0.247 e. The fraction of sp³-hybridized carbons (Fsp3) is 0.333. The molecule has 0 saturated carbocycles. The Labute approximate surface area is 80.3 Å². The van der Waals surface area contributed by atoms with Crippen molar-refractivity contribution >= 4 is 11.8 Å². The largest absolute Gasteiger partial charge is 0.326 e. The number of nitrogens with two attached hydrogens (primary N) is 1. The number of benzene rings is 1.